The van der Waals surface area contributed by atoms with Crippen molar-refractivity contribution in [3.63, 3.8) is 0 Å². The van der Waals surface area contributed by atoms with E-state index in [1.807, 2.05) is 0 Å². The zero-order valence-corrected chi connectivity index (χ0v) is 13.0. The first kappa shape index (κ1) is 15.9. The van der Waals surface area contributed by atoms with Gasteiger partial charge in [-0.1, -0.05) is 15.9 Å². The maximum atomic E-state index is 13.1. The molecule has 1 aromatic rings. The maximum Gasteiger partial charge on any atom is 0.285 e. The zero-order valence-electron chi connectivity index (χ0n) is 11.4. The summed E-state index contributed by atoms with van der Waals surface area (Å²) in [6.45, 7) is 1.19. The first-order chi connectivity index (χ1) is 10.0. The van der Waals surface area contributed by atoms with Gasteiger partial charge < -0.3 is 4.90 Å². The zero-order chi connectivity index (χ0) is 15.4. The van der Waals surface area contributed by atoms with Crippen molar-refractivity contribution >= 4 is 27.5 Å². The van der Waals surface area contributed by atoms with Crippen LogP contribution in [-0.4, -0.2) is 34.2 Å². The molecule has 0 aromatic heterocycles. The minimum atomic E-state index is -0.714. The van der Waals surface area contributed by atoms with Crippen LogP contribution in [-0.2, 0) is 0 Å². The molecule has 114 valence electrons. The summed E-state index contributed by atoms with van der Waals surface area (Å²) < 4.78 is 13.1. The van der Waals surface area contributed by atoms with Gasteiger partial charge >= 0.3 is 0 Å². The first-order valence-electron chi connectivity index (χ1n) is 6.82. The molecule has 21 heavy (non-hydrogen) atoms. The van der Waals surface area contributed by atoms with Crippen molar-refractivity contribution in [2.24, 2.45) is 5.92 Å². The molecule has 1 aliphatic rings. The summed E-state index contributed by atoms with van der Waals surface area (Å²) in [5, 5.41) is 11.9. The Kier molecular flexibility index (Phi) is 5.27. The van der Waals surface area contributed by atoms with Crippen LogP contribution >= 0.6 is 15.9 Å². The van der Waals surface area contributed by atoms with E-state index in [1.165, 1.54) is 6.07 Å². The lowest BCUT2D eigenvalue weighted by atomic mass is 9.95. The van der Waals surface area contributed by atoms with Gasteiger partial charge in [-0.3, -0.25) is 14.9 Å². The number of carbonyl (C=O) groups excluding carboxylic acids is 1. The van der Waals surface area contributed by atoms with Gasteiger partial charge in [0.05, 0.1) is 11.0 Å². The molecular weight excluding hydrogens is 343 g/mol. The molecule has 1 heterocycles. The third kappa shape index (κ3) is 3.78. The van der Waals surface area contributed by atoms with E-state index >= 15 is 0 Å². The second-order valence-electron chi connectivity index (χ2n) is 5.16. The summed E-state index contributed by atoms with van der Waals surface area (Å²) >= 11 is 3.39. The Morgan fingerprint density at radius 1 is 1.52 bits per heavy atom. The highest BCUT2D eigenvalue weighted by atomic mass is 79.9. The summed E-state index contributed by atoms with van der Waals surface area (Å²) in [6, 6.07) is 3.08. The molecule has 0 radical (unpaired) electrons. The van der Waals surface area contributed by atoms with Crippen molar-refractivity contribution in [3.8, 4) is 0 Å². The lowest BCUT2D eigenvalue weighted by Gasteiger charge is -2.32. The van der Waals surface area contributed by atoms with E-state index in [0.29, 0.717) is 19.0 Å². The smallest absolute Gasteiger partial charge is 0.285 e. The fourth-order valence-electron chi connectivity index (χ4n) is 2.65. The van der Waals surface area contributed by atoms with Crippen LogP contribution in [0, 0.1) is 21.8 Å². The van der Waals surface area contributed by atoms with Crippen molar-refractivity contribution in [2.75, 3.05) is 18.4 Å². The van der Waals surface area contributed by atoms with Gasteiger partial charge in [0.25, 0.3) is 11.6 Å². The van der Waals surface area contributed by atoms with Gasteiger partial charge in [0, 0.05) is 18.4 Å². The molecule has 1 aliphatic heterocycles. The molecular formula is C14H16BrFN2O3. The number of nitrogens with zero attached hydrogens (tertiary/aromatic N) is 2. The monoisotopic (exact) mass is 358 g/mol. The number of nitro benzene ring substituents is 1. The molecule has 1 fully saturated rings. The van der Waals surface area contributed by atoms with Crippen LogP contribution in [0.2, 0.25) is 0 Å². The number of hydrogen-bond acceptors (Lipinski definition) is 3. The largest absolute Gasteiger partial charge is 0.338 e. The third-order valence-electron chi connectivity index (χ3n) is 3.71. The van der Waals surface area contributed by atoms with Gasteiger partial charge in [0.1, 0.15) is 11.4 Å². The molecule has 0 spiro atoms. The van der Waals surface area contributed by atoms with E-state index in [0.717, 1.165) is 36.7 Å². The SMILES string of the molecule is O=C(c1ccc(F)cc1[N+](=O)[O-])N1CCCC(CCBr)C1. The van der Waals surface area contributed by atoms with Gasteiger partial charge in [-0.2, -0.15) is 0 Å². The quantitative estimate of drug-likeness (QED) is 0.470. The number of benzene rings is 1. The van der Waals surface area contributed by atoms with E-state index in [4.69, 9.17) is 0 Å². The van der Waals surface area contributed by atoms with E-state index in [2.05, 4.69) is 15.9 Å². The highest BCUT2D eigenvalue weighted by Gasteiger charge is 2.28. The molecule has 1 saturated heterocycles. The number of piperidine rings is 1. The Labute approximate surface area is 130 Å². The van der Waals surface area contributed by atoms with Crippen molar-refractivity contribution < 1.29 is 14.1 Å². The standard InChI is InChI=1S/C14H16BrFN2O3/c15-6-5-10-2-1-7-17(9-10)14(19)12-4-3-11(16)8-13(12)18(20)21/h3-4,8,10H,1-2,5-7,9H2. The van der Waals surface area contributed by atoms with Crippen molar-refractivity contribution in [3.05, 3.63) is 39.7 Å². The molecule has 0 saturated carbocycles. The molecule has 0 bridgehead atoms. The Hall–Kier alpha value is -1.50. The Bertz CT molecular complexity index is 551. The lowest BCUT2D eigenvalue weighted by Crippen LogP contribution is -2.40. The Morgan fingerprint density at radius 2 is 2.29 bits per heavy atom. The third-order valence-corrected chi connectivity index (χ3v) is 4.17. The van der Waals surface area contributed by atoms with E-state index < -0.39 is 16.4 Å². The fourth-order valence-corrected chi connectivity index (χ4v) is 3.29. The number of nitro groups is 1. The second kappa shape index (κ2) is 6.98. The van der Waals surface area contributed by atoms with Crippen molar-refractivity contribution in [1.82, 2.24) is 4.90 Å². The van der Waals surface area contributed by atoms with E-state index in [1.54, 1.807) is 4.90 Å². The summed E-state index contributed by atoms with van der Waals surface area (Å²) in [5.74, 6) is -0.698. The summed E-state index contributed by atoms with van der Waals surface area (Å²) in [4.78, 5) is 24.4. The van der Waals surface area contributed by atoms with Crippen LogP contribution in [0.4, 0.5) is 10.1 Å². The molecule has 1 unspecified atom stereocenters. The highest BCUT2D eigenvalue weighted by molar-refractivity contribution is 9.09. The molecule has 1 atom stereocenters. The second-order valence-corrected chi connectivity index (χ2v) is 5.95. The average molecular weight is 359 g/mol. The number of amides is 1. The van der Waals surface area contributed by atoms with Crippen LogP contribution in [0.3, 0.4) is 0 Å². The predicted octanol–water partition coefficient (Wildman–Crippen LogP) is 3.37. The maximum absolute atomic E-state index is 13.1. The Morgan fingerprint density at radius 3 is 2.95 bits per heavy atom. The minimum Gasteiger partial charge on any atom is -0.338 e. The van der Waals surface area contributed by atoms with Crippen molar-refractivity contribution in [2.45, 2.75) is 19.3 Å². The molecule has 1 amide bonds. The summed E-state index contributed by atoms with van der Waals surface area (Å²) in [6.07, 6.45) is 2.91. The van der Waals surface area contributed by atoms with Gasteiger partial charge in [-0.25, -0.2) is 4.39 Å². The molecule has 7 heteroatoms. The number of halogens is 2. The number of rotatable bonds is 4. The molecule has 0 N–H and O–H groups in total. The predicted molar refractivity (Wildman–Crippen MR) is 80.1 cm³/mol. The van der Waals surface area contributed by atoms with Crippen LogP contribution < -0.4 is 0 Å². The van der Waals surface area contributed by atoms with Crippen molar-refractivity contribution in [1.29, 1.82) is 0 Å². The summed E-state index contributed by atoms with van der Waals surface area (Å²) in [7, 11) is 0. The highest BCUT2D eigenvalue weighted by Crippen LogP contribution is 2.25. The number of alkyl halides is 1. The van der Waals surface area contributed by atoms with Gasteiger partial charge in [-0.15, -0.1) is 0 Å². The number of carbonyl (C=O) groups is 1. The first-order valence-corrected chi connectivity index (χ1v) is 7.94. The molecule has 5 nitrogen and oxygen atoms in total. The van der Waals surface area contributed by atoms with Crippen LogP contribution in [0.1, 0.15) is 29.6 Å². The average Bonchev–Trinajstić information content (AvgIpc) is 2.47. The van der Waals surface area contributed by atoms with E-state index in [-0.39, 0.29) is 11.5 Å². The Balaban J connectivity index is 2.21. The topological polar surface area (TPSA) is 63.4 Å². The van der Waals surface area contributed by atoms with E-state index in [9.17, 15) is 19.3 Å². The summed E-state index contributed by atoms with van der Waals surface area (Å²) in [5.41, 5.74) is -0.511. The molecule has 1 aromatic carbocycles. The van der Waals surface area contributed by atoms with Gasteiger partial charge in [0.2, 0.25) is 0 Å². The van der Waals surface area contributed by atoms with Crippen LogP contribution in [0.15, 0.2) is 18.2 Å². The van der Waals surface area contributed by atoms with Gasteiger partial charge in [0.15, 0.2) is 0 Å². The molecule has 2 rings (SSSR count). The minimum absolute atomic E-state index is 0.0408. The number of hydrogen-bond donors (Lipinski definition) is 0. The van der Waals surface area contributed by atoms with Crippen LogP contribution in [0.25, 0.3) is 0 Å². The fraction of sp³-hybridized carbons (Fsp3) is 0.500. The lowest BCUT2D eigenvalue weighted by molar-refractivity contribution is -0.385. The normalized spacial score (nSPS) is 18.6. The van der Waals surface area contributed by atoms with Crippen LogP contribution in [0.5, 0.6) is 0 Å². The number of likely N-dealkylation sites (tertiary alicyclic amines) is 1. The molecule has 0 aliphatic carbocycles. The van der Waals surface area contributed by atoms with Gasteiger partial charge in [-0.05, 0) is 37.3 Å².